The van der Waals surface area contributed by atoms with Crippen molar-refractivity contribution in [2.45, 2.75) is 13.3 Å². The predicted molar refractivity (Wildman–Crippen MR) is 32.5 cm³/mol. The minimum Gasteiger partial charge on any atom is -0.335 e. The fourth-order valence-corrected chi connectivity index (χ4v) is 0.794. The summed E-state index contributed by atoms with van der Waals surface area (Å²) < 4.78 is 13.9. The van der Waals surface area contributed by atoms with Crippen molar-refractivity contribution in [3.8, 4) is 0 Å². The minimum absolute atomic E-state index is 0.394. The lowest BCUT2D eigenvalue weighted by molar-refractivity contribution is 0.587. The SMILES string of the molecule is CCc1nc(F)cn1C. The van der Waals surface area contributed by atoms with E-state index < -0.39 is 5.95 Å². The highest BCUT2D eigenvalue weighted by Crippen LogP contribution is 1.98. The van der Waals surface area contributed by atoms with Gasteiger partial charge in [-0.25, -0.2) is 4.98 Å². The Bertz CT molecular complexity index is 205. The summed E-state index contributed by atoms with van der Waals surface area (Å²) in [6.07, 6.45) is 2.15. The molecule has 0 saturated heterocycles. The molecule has 0 amide bonds. The van der Waals surface area contributed by atoms with E-state index in [1.165, 1.54) is 6.20 Å². The number of aromatic nitrogens is 2. The molecule has 3 heteroatoms. The number of halogens is 1. The zero-order chi connectivity index (χ0) is 6.85. The van der Waals surface area contributed by atoms with Crippen LogP contribution in [0.3, 0.4) is 0 Å². The Kier molecular flexibility index (Phi) is 1.51. The van der Waals surface area contributed by atoms with Gasteiger partial charge in [-0.3, -0.25) is 0 Å². The van der Waals surface area contributed by atoms with E-state index in [1.54, 1.807) is 11.6 Å². The second kappa shape index (κ2) is 2.17. The summed E-state index contributed by atoms with van der Waals surface area (Å²) in [5.74, 6) is 0.391. The van der Waals surface area contributed by atoms with Crippen LogP contribution in [0.4, 0.5) is 4.39 Å². The Hall–Kier alpha value is -0.860. The summed E-state index contributed by atoms with van der Waals surface area (Å²) in [6, 6.07) is 0. The van der Waals surface area contributed by atoms with Crippen molar-refractivity contribution in [1.82, 2.24) is 9.55 Å². The zero-order valence-electron chi connectivity index (χ0n) is 5.56. The van der Waals surface area contributed by atoms with Gasteiger partial charge in [-0.2, -0.15) is 4.39 Å². The topological polar surface area (TPSA) is 17.8 Å². The van der Waals surface area contributed by atoms with Crippen molar-refractivity contribution >= 4 is 0 Å². The number of rotatable bonds is 1. The zero-order valence-corrected chi connectivity index (χ0v) is 5.56. The van der Waals surface area contributed by atoms with Gasteiger partial charge in [-0.15, -0.1) is 0 Å². The van der Waals surface area contributed by atoms with Crippen molar-refractivity contribution in [1.29, 1.82) is 0 Å². The molecule has 0 aliphatic carbocycles. The van der Waals surface area contributed by atoms with E-state index in [1.807, 2.05) is 6.92 Å². The van der Waals surface area contributed by atoms with Gasteiger partial charge in [0.05, 0.1) is 6.20 Å². The first-order valence-corrected chi connectivity index (χ1v) is 2.91. The van der Waals surface area contributed by atoms with E-state index in [4.69, 9.17) is 0 Å². The van der Waals surface area contributed by atoms with Crippen LogP contribution in [-0.4, -0.2) is 9.55 Å². The van der Waals surface area contributed by atoms with Crippen molar-refractivity contribution in [2.75, 3.05) is 0 Å². The minimum atomic E-state index is -0.394. The highest BCUT2D eigenvalue weighted by Gasteiger charge is 1.99. The van der Waals surface area contributed by atoms with Crippen molar-refractivity contribution in [3.63, 3.8) is 0 Å². The van der Waals surface area contributed by atoms with Gasteiger partial charge in [0.2, 0.25) is 5.95 Å². The molecule has 9 heavy (non-hydrogen) atoms. The maximum Gasteiger partial charge on any atom is 0.230 e. The monoisotopic (exact) mass is 128 g/mol. The summed E-state index contributed by atoms with van der Waals surface area (Å²) in [5.41, 5.74) is 0. The Morgan fingerprint density at radius 1 is 1.78 bits per heavy atom. The highest BCUT2D eigenvalue weighted by atomic mass is 19.1. The normalized spacial score (nSPS) is 10.1. The summed E-state index contributed by atoms with van der Waals surface area (Å²) in [6.45, 7) is 1.95. The average molecular weight is 128 g/mol. The van der Waals surface area contributed by atoms with Crippen LogP contribution in [0, 0.1) is 5.95 Å². The molecule has 1 aromatic heterocycles. The van der Waals surface area contributed by atoms with Gasteiger partial charge in [0.25, 0.3) is 0 Å². The largest absolute Gasteiger partial charge is 0.335 e. The number of nitrogens with zero attached hydrogens (tertiary/aromatic N) is 2. The lowest BCUT2D eigenvalue weighted by atomic mass is 10.5. The van der Waals surface area contributed by atoms with Gasteiger partial charge in [0.15, 0.2) is 0 Å². The maximum absolute atomic E-state index is 12.2. The van der Waals surface area contributed by atoms with Crippen LogP contribution in [0.25, 0.3) is 0 Å². The van der Waals surface area contributed by atoms with E-state index in [0.717, 1.165) is 12.2 Å². The van der Waals surface area contributed by atoms with Crippen LogP contribution in [0.2, 0.25) is 0 Å². The van der Waals surface area contributed by atoms with Crippen molar-refractivity contribution < 1.29 is 4.39 Å². The van der Waals surface area contributed by atoms with Crippen molar-refractivity contribution in [2.24, 2.45) is 7.05 Å². The Balaban J connectivity index is 3.01. The molecule has 0 aromatic carbocycles. The molecule has 0 N–H and O–H groups in total. The molecule has 0 spiro atoms. The number of aryl methyl sites for hydroxylation is 2. The van der Waals surface area contributed by atoms with Gasteiger partial charge in [0, 0.05) is 13.5 Å². The van der Waals surface area contributed by atoms with Gasteiger partial charge in [0.1, 0.15) is 5.82 Å². The number of imidazole rings is 1. The maximum atomic E-state index is 12.2. The second-order valence-corrected chi connectivity index (χ2v) is 1.94. The lowest BCUT2D eigenvalue weighted by Gasteiger charge is -1.92. The molecule has 1 aromatic rings. The molecule has 0 aliphatic heterocycles. The molecule has 0 saturated carbocycles. The lowest BCUT2D eigenvalue weighted by Crippen LogP contribution is -1.93. The molecule has 0 unspecified atom stereocenters. The average Bonchev–Trinajstić information content (AvgIpc) is 2.10. The molecule has 0 aliphatic rings. The molecule has 0 radical (unpaired) electrons. The first-order valence-electron chi connectivity index (χ1n) is 2.91. The first kappa shape index (κ1) is 6.26. The molecule has 1 rings (SSSR count). The first-order chi connectivity index (χ1) is 4.24. The smallest absolute Gasteiger partial charge is 0.230 e. The van der Waals surface area contributed by atoms with Gasteiger partial charge in [-0.1, -0.05) is 6.92 Å². The highest BCUT2D eigenvalue weighted by molar-refractivity contribution is 4.91. The molecule has 2 nitrogen and oxygen atoms in total. The van der Waals surface area contributed by atoms with E-state index in [2.05, 4.69) is 4.98 Å². The Morgan fingerprint density at radius 3 is 2.67 bits per heavy atom. The van der Waals surface area contributed by atoms with Crippen LogP contribution < -0.4 is 0 Å². The summed E-state index contributed by atoms with van der Waals surface area (Å²) in [7, 11) is 1.79. The van der Waals surface area contributed by atoms with Gasteiger partial charge >= 0.3 is 0 Å². The molecular weight excluding hydrogens is 119 g/mol. The van der Waals surface area contributed by atoms with Crippen LogP contribution in [0.5, 0.6) is 0 Å². The molecular formula is C6H9FN2. The van der Waals surface area contributed by atoms with Crippen LogP contribution >= 0.6 is 0 Å². The summed E-state index contributed by atoms with van der Waals surface area (Å²) in [5, 5.41) is 0. The van der Waals surface area contributed by atoms with Crippen molar-refractivity contribution in [3.05, 3.63) is 18.0 Å². The van der Waals surface area contributed by atoms with E-state index >= 15 is 0 Å². The standard InChI is InChI=1S/C6H9FN2/c1-3-6-8-5(7)4-9(6)2/h4H,3H2,1-2H3. The predicted octanol–water partition coefficient (Wildman–Crippen LogP) is 1.12. The fourth-order valence-electron chi connectivity index (χ4n) is 0.794. The van der Waals surface area contributed by atoms with E-state index in [0.29, 0.717) is 0 Å². The second-order valence-electron chi connectivity index (χ2n) is 1.94. The summed E-state index contributed by atoms with van der Waals surface area (Å²) >= 11 is 0. The fraction of sp³-hybridized carbons (Fsp3) is 0.500. The Morgan fingerprint density at radius 2 is 2.44 bits per heavy atom. The number of hydrogen-bond donors (Lipinski definition) is 0. The number of hydrogen-bond acceptors (Lipinski definition) is 1. The molecule has 1 heterocycles. The van der Waals surface area contributed by atoms with E-state index in [9.17, 15) is 4.39 Å². The third-order valence-corrected chi connectivity index (χ3v) is 1.26. The molecule has 0 bridgehead atoms. The molecule has 0 fully saturated rings. The van der Waals surface area contributed by atoms with Crippen LogP contribution in [-0.2, 0) is 13.5 Å². The third kappa shape index (κ3) is 1.09. The van der Waals surface area contributed by atoms with Gasteiger partial charge in [-0.05, 0) is 0 Å². The molecule has 50 valence electrons. The molecule has 0 atom stereocenters. The van der Waals surface area contributed by atoms with Crippen LogP contribution in [0.15, 0.2) is 6.20 Å². The van der Waals surface area contributed by atoms with Crippen LogP contribution in [0.1, 0.15) is 12.7 Å². The third-order valence-electron chi connectivity index (χ3n) is 1.26. The quantitative estimate of drug-likeness (QED) is 0.554. The van der Waals surface area contributed by atoms with E-state index in [-0.39, 0.29) is 0 Å². The Labute approximate surface area is 53.3 Å². The summed E-state index contributed by atoms with van der Waals surface area (Å²) in [4.78, 5) is 3.62. The van der Waals surface area contributed by atoms with Gasteiger partial charge < -0.3 is 4.57 Å².